The summed E-state index contributed by atoms with van der Waals surface area (Å²) < 4.78 is 36.0. The second-order valence-corrected chi connectivity index (χ2v) is 7.07. The number of hydrogen-bond acceptors (Lipinski definition) is 5. The highest BCUT2D eigenvalue weighted by atomic mass is 32.2. The quantitative estimate of drug-likeness (QED) is 0.694. The summed E-state index contributed by atoms with van der Waals surface area (Å²) in [5.41, 5.74) is 0.553. The van der Waals surface area contributed by atoms with Gasteiger partial charge in [0.15, 0.2) is 0 Å². The van der Waals surface area contributed by atoms with Crippen LogP contribution < -0.4 is 14.2 Å². The second kappa shape index (κ2) is 7.05. The van der Waals surface area contributed by atoms with Crippen LogP contribution in [0.2, 0.25) is 0 Å². The molecule has 0 fully saturated rings. The van der Waals surface area contributed by atoms with Gasteiger partial charge in [0.25, 0.3) is 0 Å². The highest BCUT2D eigenvalue weighted by Gasteiger charge is 2.21. The molecule has 0 bridgehead atoms. The van der Waals surface area contributed by atoms with Crippen molar-refractivity contribution in [2.75, 3.05) is 12.4 Å². The molecule has 0 unspecified atom stereocenters. The van der Waals surface area contributed by atoms with Crippen LogP contribution in [0.15, 0.2) is 65.6 Å². The van der Waals surface area contributed by atoms with Gasteiger partial charge in [-0.3, -0.25) is 4.79 Å². The average molecular weight is 371 g/mol. The van der Waals surface area contributed by atoms with E-state index in [0.717, 1.165) is 0 Å². The number of hydrogen-bond donors (Lipinski definition) is 1. The van der Waals surface area contributed by atoms with Gasteiger partial charge in [0.05, 0.1) is 7.11 Å². The minimum Gasteiger partial charge on any atom is -0.496 e. The van der Waals surface area contributed by atoms with E-state index in [1.165, 1.54) is 32.2 Å². The lowest BCUT2D eigenvalue weighted by atomic mass is 10.1. The molecule has 1 N–H and O–H groups in total. The van der Waals surface area contributed by atoms with Gasteiger partial charge in [0, 0.05) is 23.4 Å². The number of amides is 1. The fraction of sp³-hybridized carbons (Fsp3) is 0.105. The van der Waals surface area contributed by atoms with Crippen LogP contribution in [-0.4, -0.2) is 21.4 Å². The van der Waals surface area contributed by atoms with Crippen molar-refractivity contribution in [3.05, 3.63) is 60.7 Å². The summed E-state index contributed by atoms with van der Waals surface area (Å²) in [6.45, 7) is 1.39. The third-order valence-electron chi connectivity index (χ3n) is 3.71. The summed E-state index contributed by atoms with van der Waals surface area (Å²) in [4.78, 5) is 11.1. The Bertz CT molecular complexity index is 1060. The van der Waals surface area contributed by atoms with Gasteiger partial charge in [-0.05, 0) is 36.4 Å². The molecule has 134 valence electrons. The molecule has 6 nitrogen and oxygen atoms in total. The summed E-state index contributed by atoms with van der Waals surface area (Å²) in [5, 5.41) is 3.80. The van der Waals surface area contributed by atoms with Gasteiger partial charge < -0.3 is 14.2 Å². The summed E-state index contributed by atoms with van der Waals surface area (Å²) in [5.74, 6) is 0.522. The molecule has 0 radical (unpaired) electrons. The molecule has 26 heavy (non-hydrogen) atoms. The predicted octanol–water partition coefficient (Wildman–Crippen LogP) is 3.57. The molecular formula is C19H17NO5S. The van der Waals surface area contributed by atoms with Crippen molar-refractivity contribution in [1.82, 2.24) is 0 Å². The molecule has 0 atom stereocenters. The second-order valence-electron chi connectivity index (χ2n) is 5.55. The van der Waals surface area contributed by atoms with E-state index in [1.807, 2.05) is 6.07 Å². The molecule has 3 rings (SSSR count). The van der Waals surface area contributed by atoms with Gasteiger partial charge in [-0.15, -0.1) is 0 Å². The van der Waals surface area contributed by atoms with E-state index < -0.39 is 10.1 Å². The van der Waals surface area contributed by atoms with Crippen LogP contribution in [0, 0.1) is 0 Å². The largest absolute Gasteiger partial charge is 0.496 e. The van der Waals surface area contributed by atoms with Crippen molar-refractivity contribution >= 4 is 32.5 Å². The van der Waals surface area contributed by atoms with Gasteiger partial charge >= 0.3 is 10.1 Å². The number of benzene rings is 3. The van der Waals surface area contributed by atoms with E-state index in [1.54, 1.807) is 36.4 Å². The van der Waals surface area contributed by atoms with Crippen LogP contribution in [0.25, 0.3) is 10.8 Å². The molecule has 0 saturated heterocycles. The van der Waals surface area contributed by atoms with Crippen molar-refractivity contribution in [3.63, 3.8) is 0 Å². The standard InChI is InChI=1S/C19H17NO5S/c1-13(21)20-14-7-9-15(10-8-14)25-26(22,23)19-12-11-18(24-2)16-5-3-4-6-17(16)19/h3-12H,1-2H3,(H,20,21). The predicted molar refractivity (Wildman–Crippen MR) is 99.1 cm³/mol. The number of methoxy groups -OCH3 is 1. The van der Waals surface area contributed by atoms with Gasteiger partial charge in [0.2, 0.25) is 5.91 Å². The molecular weight excluding hydrogens is 354 g/mol. The normalized spacial score (nSPS) is 11.2. The Morgan fingerprint density at radius 3 is 2.19 bits per heavy atom. The number of ether oxygens (including phenoxy) is 1. The Hall–Kier alpha value is -3.06. The van der Waals surface area contributed by atoms with E-state index in [9.17, 15) is 13.2 Å². The van der Waals surface area contributed by atoms with Crippen molar-refractivity contribution in [2.24, 2.45) is 0 Å². The SMILES string of the molecule is COc1ccc(S(=O)(=O)Oc2ccc(NC(C)=O)cc2)c2ccccc12. The fourth-order valence-electron chi connectivity index (χ4n) is 2.61. The van der Waals surface area contributed by atoms with E-state index in [-0.39, 0.29) is 16.6 Å². The first-order valence-electron chi connectivity index (χ1n) is 7.78. The molecule has 0 aliphatic heterocycles. The molecule has 7 heteroatoms. The Kier molecular flexibility index (Phi) is 4.81. The van der Waals surface area contributed by atoms with Crippen LogP contribution in [0.1, 0.15) is 6.92 Å². The van der Waals surface area contributed by atoms with Crippen molar-refractivity contribution in [3.8, 4) is 11.5 Å². The van der Waals surface area contributed by atoms with E-state index in [0.29, 0.717) is 22.2 Å². The molecule has 0 aromatic heterocycles. The lowest BCUT2D eigenvalue weighted by Crippen LogP contribution is -2.11. The molecule has 0 saturated carbocycles. The number of carbonyl (C=O) groups is 1. The van der Waals surface area contributed by atoms with E-state index in [4.69, 9.17) is 8.92 Å². The van der Waals surface area contributed by atoms with E-state index >= 15 is 0 Å². The number of rotatable bonds is 5. The van der Waals surface area contributed by atoms with Crippen molar-refractivity contribution < 1.29 is 22.1 Å². The molecule has 3 aromatic carbocycles. The zero-order chi connectivity index (χ0) is 18.7. The summed E-state index contributed by atoms with van der Waals surface area (Å²) in [7, 11) is -2.51. The molecule has 0 spiro atoms. The molecule has 3 aromatic rings. The summed E-state index contributed by atoms with van der Waals surface area (Å²) in [6.07, 6.45) is 0. The Labute approximate surface area is 151 Å². The summed E-state index contributed by atoms with van der Waals surface area (Å²) >= 11 is 0. The Balaban J connectivity index is 1.96. The Morgan fingerprint density at radius 1 is 0.923 bits per heavy atom. The van der Waals surface area contributed by atoms with Crippen LogP contribution in [-0.2, 0) is 14.9 Å². The lowest BCUT2D eigenvalue weighted by Gasteiger charge is -2.12. The summed E-state index contributed by atoms with van der Waals surface area (Å²) in [6, 6.07) is 16.2. The average Bonchev–Trinajstić information content (AvgIpc) is 2.61. The topological polar surface area (TPSA) is 81.7 Å². The first kappa shape index (κ1) is 17.8. The maximum Gasteiger partial charge on any atom is 0.339 e. The number of nitrogens with one attached hydrogen (secondary N) is 1. The first-order valence-corrected chi connectivity index (χ1v) is 9.19. The molecule has 1 amide bonds. The maximum atomic E-state index is 12.7. The minimum absolute atomic E-state index is 0.0554. The number of anilines is 1. The van der Waals surface area contributed by atoms with E-state index in [2.05, 4.69) is 5.32 Å². The lowest BCUT2D eigenvalue weighted by molar-refractivity contribution is -0.114. The van der Waals surface area contributed by atoms with Crippen LogP contribution >= 0.6 is 0 Å². The minimum atomic E-state index is -4.04. The van der Waals surface area contributed by atoms with Crippen LogP contribution in [0.3, 0.4) is 0 Å². The number of carbonyl (C=O) groups excluding carboxylic acids is 1. The first-order chi connectivity index (χ1) is 12.4. The highest BCUT2D eigenvalue weighted by molar-refractivity contribution is 7.87. The smallest absolute Gasteiger partial charge is 0.339 e. The van der Waals surface area contributed by atoms with Gasteiger partial charge in [-0.25, -0.2) is 0 Å². The maximum absolute atomic E-state index is 12.7. The zero-order valence-corrected chi connectivity index (χ0v) is 15.0. The van der Waals surface area contributed by atoms with Crippen molar-refractivity contribution in [1.29, 1.82) is 0 Å². The third kappa shape index (κ3) is 3.62. The van der Waals surface area contributed by atoms with Gasteiger partial charge in [-0.1, -0.05) is 24.3 Å². The fourth-order valence-corrected chi connectivity index (χ4v) is 3.74. The molecule has 0 heterocycles. The van der Waals surface area contributed by atoms with Crippen molar-refractivity contribution in [2.45, 2.75) is 11.8 Å². The zero-order valence-electron chi connectivity index (χ0n) is 14.2. The molecule has 0 aliphatic rings. The number of fused-ring (bicyclic) bond motifs is 1. The van der Waals surface area contributed by atoms with Gasteiger partial charge in [0.1, 0.15) is 16.4 Å². The van der Waals surface area contributed by atoms with Crippen LogP contribution in [0.5, 0.6) is 11.5 Å². The highest BCUT2D eigenvalue weighted by Crippen LogP contribution is 2.32. The van der Waals surface area contributed by atoms with Gasteiger partial charge in [-0.2, -0.15) is 8.42 Å². The molecule has 0 aliphatic carbocycles. The monoisotopic (exact) mass is 371 g/mol. The van der Waals surface area contributed by atoms with Crippen LogP contribution in [0.4, 0.5) is 5.69 Å². The Morgan fingerprint density at radius 2 is 1.58 bits per heavy atom. The third-order valence-corrected chi connectivity index (χ3v) is 5.02.